The third kappa shape index (κ3) is 3.32. The first-order valence-corrected chi connectivity index (χ1v) is 6.10. The van der Waals surface area contributed by atoms with Crippen molar-refractivity contribution in [2.45, 2.75) is 11.4 Å². The Bertz CT molecular complexity index is 472. The fourth-order valence-electron chi connectivity index (χ4n) is 1.45. The minimum absolute atomic E-state index is 0.747. The van der Waals surface area contributed by atoms with Crippen LogP contribution < -0.4 is 4.74 Å². The highest BCUT2D eigenvalue weighted by molar-refractivity contribution is 9.09. The van der Waals surface area contributed by atoms with E-state index < -0.39 is 4.51 Å². The summed E-state index contributed by atoms with van der Waals surface area (Å²) < 4.78 is 4.65. The molecule has 0 aliphatic heterocycles. The van der Waals surface area contributed by atoms with E-state index >= 15 is 0 Å². The Morgan fingerprint density at radius 2 is 1.47 bits per heavy atom. The minimum Gasteiger partial charge on any atom is -0.457 e. The van der Waals surface area contributed by atoms with Crippen molar-refractivity contribution in [2.75, 3.05) is 0 Å². The van der Waals surface area contributed by atoms with Crippen LogP contribution in [0.3, 0.4) is 0 Å². The molecule has 0 aliphatic rings. The van der Waals surface area contributed by atoms with Gasteiger partial charge in [0.15, 0.2) is 0 Å². The molecule has 0 heterocycles. The van der Waals surface area contributed by atoms with E-state index in [-0.39, 0.29) is 0 Å². The first-order valence-electron chi connectivity index (χ1n) is 5.30. The van der Waals surface area contributed by atoms with Crippen LogP contribution in [-0.4, -0.2) is 5.11 Å². The number of ether oxygens (including phenoxy) is 1. The van der Waals surface area contributed by atoms with Crippen LogP contribution in [0.1, 0.15) is 12.5 Å². The third-order valence-corrected chi connectivity index (χ3v) is 2.82. The van der Waals surface area contributed by atoms with Gasteiger partial charge in [0.05, 0.1) is 0 Å². The molecule has 0 saturated carbocycles. The molecule has 2 aromatic rings. The van der Waals surface area contributed by atoms with Crippen LogP contribution in [0.25, 0.3) is 0 Å². The summed E-state index contributed by atoms with van der Waals surface area (Å²) in [5.74, 6) is 1.54. The van der Waals surface area contributed by atoms with Gasteiger partial charge in [-0.2, -0.15) is 0 Å². The fraction of sp³-hybridized carbons (Fsp3) is 0.143. The smallest absolute Gasteiger partial charge is 0.142 e. The number of rotatable bonds is 3. The average molecular weight is 293 g/mol. The second-order valence-electron chi connectivity index (χ2n) is 3.89. The van der Waals surface area contributed by atoms with Gasteiger partial charge in [-0.15, -0.1) is 0 Å². The lowest BCUT2D eigenvalue weighted by atomic mass is 10.1. The highest BCUT2D eigenvalue weighted by Gasteiger charge is 2.17. The van der Waals surface area contributed by atoms with Crippen molar-refractivity contribution in [3.05, 3.63) is 60.2 Å². The van der Waals surface area contributed by atoms with Gasteiger partial charge in [0.25, 0.3) is 0 Å². The van der Waals surface area contributed by atoms with Gasteiger partial charge in [0.2, 0.25) is 0 Å². The molecule has 1 unspecified atom stereocenters. The van der Waals surface area contributed by atoms with Gasteiger partial charge < -0.3 is 9.84 Å². The van der Waals surface area contributed by atoms with Crippen LogP contribution >= 0.6 is 15.9 Å². The molecule has 2 aromatic carbocycles. The van der Waals surface area contributed by atoms with Crippen LogP contribution in [0.4, 0.5) is 0 Å². The van der Waals surface area contributed by atoms with Crippen LogP contribution in [0.2, 0.25) is 0 Å². The van der Waals surface area contributed by atoms with E-state index in [4.69, 9.17) is 4.74 Å². The van der Waals surface area contributed by atoms with Crippen LogP contribution in [0.15, 0.2) is 54.6 Å². The second-order valence-corrected chi connectivity index (χ2v) is 5.44. The van der Waals surface area contributed by atoms with Crippen molar-refractivity contribution in [1.29, 1.82) is 0 Å². The summed E-state index contributed by atoms with van der Waals surface area (Å²) in [5.41, 5.74) is 0.790. The number of hydrogen-bond donors (Lipinski definition) is 1. The normalized spacial score (nSPS) is 14.1. The maximum Gasteiger partial charge on any atom is 0.142 e. The van der Waals surface area contributed by atoms with Gasteiger partial charge in [-0.05, 0) is 52.7 Å². The topological polar surface area (TPSA) is 29.5 Å². The van der Waals surface area contributed by atoms with Gasteiger partial charge in [-0.3, -0.25) is 0 Å². The van der Waals surface area contributed by atoms with E-state index in [9.17, 15) is 5.11 Å². The predicted molar refractivity (Wildman–Crippen MR) is 71.5 cm³/mol. The SMILES string of the molecule is CC(O)(Br)c1ccc(Oc2ccccc2)cc1. The summed E-state index contributed by atoms with van der Waals surface area (Å²) in [6, 6.07) is 16.9. The summed E-state index contributed by atoms with van der Waals surface area (Å²) in [7, 11) is 0. The molecule has 0 spiro atoms. The molecular formula is C14H13BrO2. The molecule has 0 saturated heterocycles. The maximum atomic E-state index is 9.75. The molecule has 1 atom stereocenters. The van der Waals surface area contributed by atoms with E-state index in [2.05, 4.69) is 15.9 Å². The zero-order valence-electron chi connectivity index (χ0n) is 9.43. The number of hydrogen-bond acceptors (Lipinski definition) is 2. The summed E-state index contributed by atoms with van der Waals surface area (Å²) in [4.78, 5) is 0. The molecule has 0 amide bonds. The minimum atomic E-state index is -1.00. The number of benzene rings is 2. The van der Waals surface area contributed by atoms with Crippen LogP contribution in [0.5, 0.6) is 11.5 Å². The first kappa shape index (κ1) is 12.1. The van der Waals surface area contributed by atoms with Crippen molar-refractivity contribution in [2.24, 2.45) is 0 Å². The zero-order chi connectivity index (χ0) is 12.3. The van der Waals surface area contributed by atoms with Crippen molar-refractivity contribution in [3.8, 4) is 11.5 Å². The van der Waals surface area contributed by atoms with Crippen molar-refractivity contribution < 1.29 is 9.84 Å². The van der Waals surface area contributed by atoms with E-state index in [1.807, 2.05) is 54.6 Å². The largest absolute Gasteiger partial charge is 0.457 e. The Morgan fingerprint density at radius 3 is 2.00 bits per heavy atom. The van der Waals surface area contributed by atoms with Crippen molar-refractivity contribution in [1.82, 2.24) is 0 Å². The fourth-order valence-corrected chi connectivity index (χ4v) is 1.72. The van der Waals surface area contributed by atoms with Crippen LogP contribution in [-0.2, 0) is 4.51 Å². The van der Waals surface area contributed by atoms with E-state index in [0.717, 1.165) is 17.1 Å². The molecule has 2 rings (SSSR count). The van der Waals surface area contributed by atoms with E-state index in [0.29, 0.717) is 0 Å². The molecule has 17 heavy (non-hydrogen) atoms. The standard InChI is InChI=1S/C14H13BrO2/c1-14(15,16)11-7-9-13(10-8-11)17-12-5-3-2-4-6-12/h2-10,16H,1H3. The van der Waals surface area contributed by atoms with Gasteiger partial charge >= 0.3 is 0 Å². The Kier molecular flexibility index (Phi) is 3.50. The maximum absolute atomic E-state index is 9.75. The Labute approximate surface area is 109 Å². The van der Waals surface area contributed by atoms with Gasteiger partial charge in [-0.25, -0.2) is 0 Å². The molecule has 2 nitrogen and oxygen atoms in total. The Morgan fingerprint density at radius 1 is 0.941 bits per heavy atom. The van der Waals surface area contributed by atoms with E-state index in [1.165, 1.54) is 0 Å². The number of aliphatic hydroxyl groups is 1. The molecule has 0 aromatic heterocycles. The summed E-state index contributed by atoms with van der Waals surface area (Å²) in [5, 5.41) is 9.75. The molecule has 0 bridgehead atoms. The Hall–Kier alpha value is -1.32. The average Bonchev–Trinajstić information content (AvgIpc) is 2.30. The quantitative estimate of drug-likeness (QED) is 0.865. The molecule has 0 radical (unpaired) electrons. The van der Waals surface area contributed by atoms with Crippen molar-refractivity contribution >= 4 is 15.9 Å². The third-order valence-electron chi connectivity index (χ3n) is 2.36. The molecule has 3 heteroatoms. The highest BCUT2D eigenvalue weighted by Crippen LogP contribution is 2.29. The Balaban J connectivity index is 2.14. The second kappa shape index (κ2) is 4.90. The summed E-state index contributed by atoms with van der Waals surface area (Å²) in [6.07, 6.45) is 0. The molecule has 0 fully saturated rings. The lowest BCUT2D eigenvalue weighted by molar-refractivity contribution is 0.167. The van der Waals surface area contributed by atoms with E-state index in [1.54, 1.807) is 6.92 Å². The predicted octanol–water partition coefficient (Wildman–Crippen LogP) is 4.04. The highest BCUT2D eigenvalue weighted by atomic mass is 79.9. The first-order chi connectivity index (χ1) is 8.05. The summed E-state index contributed by atoms with van der Waals surface area (Å²) in [6.45, 7) is 1.68. The van der Waals surface area contributed by atoms with Gasteiger partial charge in [-0.1, -0.05) is 30.3 Å². The number of para-hydroxylation sites is 1. The van der Waals surface area contributed by atoms with Crippen LogP contribution in [0, 0.1) is 0 Å². The lowest BCUT2D eigenvalue weighted by Crippen LogP contribution is -2.10. The zero-order valence-corrected chi connectivity index (χ0v) is 11.0. The molecule has 0 aliphatic carbocycles. The van der Waals surface area contributed by atoms with Crippen molar-refractivity contribution in [3.63, 3.8) is 0 Å². The lowest BCUT2D eigenvalue weighted by Gasteiger charge is -2.15. The molecular weight excluding hydrogens is 280 g/mol. The molecule has 88 valence electrons. The number of alkyl halides is 1. The monoisotopic (exact) mass is 292 g/mol. The molecule has 1 N–H and O–H groups in total. The van der Waals surface area contributed by atoms with Gasteiger partial charge in [0, 0.05) is 0 Å². The van der Waals surface area contributed by atoms with Gasteiger partial charge in [0.1, 0.15) is 16.0 Å². The summed E-state index contributed by atoms with van der Waals surface area (Å²) >= 11 is 3.19. The number of halogens is 1.